The first kappa shape index (κ1) is 28.0. The number of benzene rings is 3. The van der Waals surface area contributed by atoms with Gasteiger partial charge in [0.25, 0.3) is 0 Å². The number of methoxy groups -OCH3 is 3. The van der Waals surface area contributed by atoms with Gasteiger partial charge in [0.15, 0.2) is 17.3 Å². The second kappa shape index (κ2) is 14.3. The van der Waals surface area contributed by atoms with Gasteiger partial charge in [0.05, 0.1) is 27.9 Å². The molecule has 196 valence electrons. The van der Waals surface area contributed by atoms with E-state index in [1.54, 1.807) is 56.7 Å². The minimum atomic E-state index is -0.335. The van der Waals surface area contributed by atoms with E-state index in [2.05, 4.69) is 0 Å². The molecule has 0 aliphatic heterocycles. The van der Waals surface area contributed by atoms with Gasteiger partial charge in [-0.25, -0.2) is 0 Å². The number of hydrogen-bond donors (Lipinski definition) is 2. The predicted octanol–water partition coefficient (Wildman–Crippen LogP) is 6.42. The third-order valence-electron chi connectivity index (χ3n) is 5.78. The molecule has 0 radical (unpaired) electrons. The van der Waals surface area contributed by atoms with Crippen LogP contribution in [0, 0.1) is 0 Å². The van der Waals surface area contributed by atoms with Crippen molar-refractivity contribution in [1.82, 2.24) is 0 Å². The van der Waals surface area contributed by atoms with Crippen LogP contribution in [0.15, 0.2) is 96.3 Å². The number of allylic oxidation sites excluding steroid dienone is 4. The summed E-state index contributed by atoms with van der Waals surface area (Å²) >= 11 is 0. The average molecular weight is 513 g/mol. The zero-order chi connectivity index (χ0) is 27.3. The van der Waals surface area contributed by atoms with Crippen molar-refractivity contribution in [2.45, 2.75) is 13.0 Å². The molecule has 6 heteroatoms. The third kappa shape index (κ3) is 7.72. The number of ketones is 1. The molecule has 6 nitrogen and oxygen atoms in total. The first-order chi connectivity index (χ1) is 18.5. The largest absolute Gasteiger partial charge is 0.508 e. The van der Waals surface area contributed by atoms with Crippen LogP contribution in [0.5, 0.6) is 17.2 Å². The van der Waals surface area contributed by atoms with Gasteiger partial charge < -0.3 is 24.4 Å². The molecule has 3 rings (SSSR count). The van der Waals surface area contributed by atoms with Gasteiger partial charge in [-0.1, -0.05) is 66.8 Å². The molecule has 2 N–H and O–H groups in total. The lowest BCUT2D eigenvalue weighted by Crippen LogP contribution is -2.02. The van der Waals surface area contributed by atoms with Gasteiger partial charge in [0.2, 0.25) is 0 Å². The minimum Gasteiger partial charge on any atom is -0.508 e. The number of carbonyl (C=O) groups excluding carboxylic acids is 1. The Hall–Kier alpha value is -4.55. The van der Waals surface area contributed by atoms with Gasteiger partial charge in [-0.2, -0.15) is 0 Å². The Morgan fingerprint density at radius 3 is 2.03 bits per heavy atom. The van der Waals surface area contributed by atoms with Crippen LogP contribution >= 0.6 is 0 Å². The van der Waals surface area contributed by atoms with Gasteiger partial charge >= 0.3 is 0 Å². The molecule has 0 saturated carbocycles. The molecule has 0 aliphatic carbocycles. The fourth-order valence-electron chi connectivity index (χ4n) is 3.74. The zero-order valence-electron chi connectivity index (χ0n) is 21.8. The monoisotopic (exact) mass is 512 g/mol. The molecule has 0 aromatic heterocycles. The maximum Gasteiger partial charge on any atom is 0.185 e. The summed E-state index contributed by atoms with van der Waals surface area (Å²) in [4.78, 5) is 13.2. The summed E-state index contributed by atoms with van der Waals surface area (Å²) < 4.78 is 15.8. The van der Waals surface area contributed by atoms with Crippen molar-refractivity contribution < 1.29 is 29.2 Å². The molecule has 0 unspecified atom stereocenters. The maximum atomic E-state index is 13.2. The summed E-state index contributed by atoms with van der Waals surface area (Å²) in [5.74, 6) is 1.25. The van der Waals surface area contributed by atoms with E-state index in [-0.39, 0.29) is 30.1 Å². The van der Waals surface area contributed by atoms with E-state index in [1.165, 1.54) is 19.3 Å². The summed E-state index contributed by atoms with van der Waals surface area (Å²) in [6, 6.07) is 20.4. The van der Waals surface area contributed by atoms with E-state index in [1.807, 2.05) is 48.6 Å². The Kier molecular flexibility index (Phi) is 10.5. The van der Waals surface area contributed by atoms with E-state index in [9.17, 15) is 15.0 Å². The topological polar surface area (TPSA) is 85.2 Å². The quantitative estimate of drug-likeness (QED) is 0.166. The Bertz CT molecular complexity index is 1350. The number of aliphatic hydroxyl groups is 2. The summed E-state index contributed by atoms with van der Waals surface area (Å²) in [5, 5.41) is 20.5. The number of carbonyl (C=O) groups is 1. The highest BCUT2D eigenvalue weighted by Crippen LogP contribution is 2.28. The molecule has 0 amide bonds. The highest BCUT2D eigenvalue weighted by molar-refractivity contribution is 6.07. The Labute approximate surface area is 223 Å². The minimum absolute atomic E-state index is 0.141. The van der Waals surface area contributed by atoms with Crippen LogP contribution in [0.1, 0.15) is 28.7 Å². The lowest BCUT2D eigenvalue weighted by molar-refractivity contribution is -0.111. The zero-order valence-corrected chi connectivity index (χ0v) is 21.8. The normalized spacial score (nSPS) is 12.2. The van der Waals surface area contributed by atoms with Crippen molar-refractivity contribution in [3.8, 4) is 17.2 Å². The molecule has 0 aliphatic rings. The second-order valence-electron chi connectivity index (χ2n) is 8.26. The summed E-state index contributed by atoms with van der Waals surface area (Å²) in [7, 11) is 4.65. The number of hydrogen-bond acceptors (Lipinski definition) is 6. The van der Waals surface area contributed by atoms with Crippen molar-refractivity contribution >= 4 is 24.0 Å². The first-order valence-electron chi connectivity index (χ1n) is 12.0. The van der Waals surface area contributed by atoms with Crippen LogP contribution in [0.4, 0.5) is 0 Å². The molecule has 3 aromatic carbocycles. The van der Waals surface area contributed by atoms with E-state index in [0.717, 1.165) is 16.7 Å². The van der Waals surface area contributed by atoms with Crippen LogP contribution in [0.3, 0.4) is 0 Å². The molecular formula is C32H32O6. The van der Waals surface area contributed by atoms with Crippen LogP contribution in [0.25, 0.3) is 18.2 Å². The lowest BCUT2D eigenvalue weighted by atomic mass is 10.0. The van der Waals surface area contributed by atoms with Crippen molar-refractivity contribution in [3.63, 3.8) is 0 Å². The van der Waals surface area contributed by atoms with E-state index >= 15 is 0 Å². The van der Waals surface area contributed by atoms with E-state index < -0.39 is 0 Å². The molecule has 0 spiro atoms. The standard InChI is InChI=1S/C32H32O6/c1-36-30-18-14-24(20-26(30)22-33)12-16-28(34)27(11-7-10-23-8-5-4-6-9-23)29(35)17-13-25-15-19-31(37-2)32(21-25)38-3/h4-10,12-21,33,35H,11,22H2,1-3H3/b10-7+,16-12+,17-13+,29-27-. The summed E-state index contributed by atoms with van der Waals surface area (Å²) in [5.41, 5.74) is 3.34. The van der Waals surface area contributed by atoms with Crippen molar-refractivity contribution in [3.05, 3.63) is 119 Å². The maximum absolute atomic E-state index is 13.2. The Morgan fingerprint density at radius 2 is 1.37 bits per heavy atom. The van der Waals surface area contributed by atoms with Gasteiger partial charge in [-0.3, -0.25) is 4.79 Å². The molecule has 0 saturated heterocycles. The Balaban J connectivity index is 1.89. The molecule has 0 heterocycles. The van der Waals surface area contributed by atoms with Crippen LogP contribution in [0.2, 0.25) is 0 Å². The van der Waals surface area contributed by atoms with Gasteiger partial charge in [-0.15, -0.1) is 0 Å². The average Bonchev–Trinajstić information content (AvgIpc) is 2.96. The van der Waals surface area contributed by atoms with Gasteiger partial charge in [-0.05, 0) is 59.5 Å². The number of aliphatic hydroxyl groups excluding tert-OH is 2. The summed E-state index contributed by atoms with van der Waals surface area (Å²) in [6.45, 7) is -0.185. The first-order valence-corrected chi connectivity index (χ1v) is 12.0. The fraction of sp³-hybridized carbons (Fsp3) is 0.156. The van der Waals surface area contributed by atoms with Gasteiger partial charge in [0, 0.05) is 11.1 Å². The highest BCUT2D eigenvalue weighted by Gasteiger charge is 2.11. The summed E-state index contributed by atoms with van der Waals surface area (Å²) in [6.07, 6.45) is 10.2. The van der Waals surface area contributed by atoms with Crippen molar-refractivity contribution in [2.24, 2.45) is 0 Å². The smallest absolute Gasteiger partial charge is 0.185 e. The third-order valence-corrected chi connectivity index (χ3v) is 5.78. The molecule has 38 heavy (non-hydrogen) atoms. The van der Waals surface area contributed by atoms with E-state index in [4.69, 9.17) is 14.2 Å². The molecule has 0 fully saturated rings. The fourth-order valence-corrected chi connectivity index (χ4v) is 3.74. The van der Waals surface area contributed by atoms with Crippen LogP contribution in [-0.4, -0.2) is 37.3 Å². The lowest BCUT2D eigenvalue weighted by Gasteiger charge is -2.08. The predicted molar refractivity (Wildman–Crippen MR) is 151 cm³/mol. The van der Waals surface area contributed by atoms with Crippen molar-refractivity contribution in [2.75, 3.05) is 21.3 Å². The molecule has 0 atom stereocenters. The van der Waals surface area contributed by atoms with Crippen LogP contribution in [-0.2, 0) is 11.4 Å². The SMILES string of the molecule is COc1ccc(/C=C/C(=O)/C(C/C=C/c2ccccc2)=C(O)/C=C/c2ccc(OC)c(OC)c2)cc1CO. The molecule has 3 aromatic rings. The van der Waals surface area contributed by atoms with E-state index in [0.29, 0.717) is 22.8 Å². The van der Waals surface area contributed by atoms with Crippen LogP contribution < -0.4 is 14.2 Å². The molecular weight excluding hydrogens is 480 g/mol. The number of ether oxygens (including phenoxy) is 3. The second-order valence-corrected chi connectivity index (χ2v) is 8.26. The van der Waals surface area contributed by atoms with Crippen molar-refractivity contribution in [1.29, 1.82) is 0 Å². The highest BCUT2D eigenvalue weighted by atomic mass is 16.5. The molecule has 0 bridgehead atoms. The number of rotatable bonds is 12. The Morgan fingerprint density at radius 1 is 0.737 bits per heavy atom. The van der Waals surface area contributed by atoms with Gasteiger partial charge in [0.1, 0.15) is 11.5 Å².